The van der Waals surface area contributed by atoms with Crippen LogP contribution >= 0.6 is 11.8 Å². The molecule has 0 bridgehead atoms. The van der Waals surface area contributed by atoms with Gasteiger partial charge in [0.1, 0.15) is 0 Å². The highest BCUT2D eigenvalue weighted by atomic mass is 32.2. The maximum atomic E-state index is 11.9. The number of thioether (sulfide) groups is 1. The molecule has 1 aliphatic heterocycles. The van der Waals surface area contributed by atoms with Crippen molar-refractivity contribution in [1.82, 2.24) is 10.2 Å². The van der Waals surface area contributed by atoms with Crippen molar-refractivity contribution in [2.24, 2.45) is 5.73 Å². The number of carbonyl (C=O) groups excluding carboxylic acids is 1. The first-order chi connectivity index (χ1) is 8.70. The molecular formula is C13H25N3OS. The first-order valence-electron chi connectivity index (χ1n) is 6.99. The zero-order valence-electron chi connectivity index (χ0n) is 11.2. The van der Waals surface area contributed by atoms with Gasteiger partial charge in [-0.15, -0.1) is 0 Å². The number of nitrogens with one attached hydrogen (secondary N) is 1. The Morgan fingerprint density at radius 1 is 1.39 bits per heavy atom. The van der Waals surface area contributed by atoms with Crippen molar-refractivity contribution < 1.29 is 4.79 Å². The topological polar surface area (TPSA) is 58.4 Å². The van der Waals surface area contributed by atoms with Gasteiger partial charge in [0, 0.05) is 25.2 Å². The third kappa shape index (κ3) is 4.14. The second-order valence-corrected chi connectivity index (χ2v) is 6.42. The minimum atomic E-state index is -0.334. The van der Waals surface area contributed by atoms with Gasteiger partial charge in [-0.1, -0.05) is 0 Å². The fourth-order valence-corrected chi connectivity index (χ4v) is 3.02. The molecule has 1 atom stereocenters. The number of piperidine rings is 1. The van der Waals surface area contributed by atoms with Crippen LogP contribution in [0.25, 0.3) is 0 Å². The molecule has 1 saturated carbocycles. The summed E-state index contributed by atoms with van der Waals surface area (Å²) in [4.78, 5) is 14.5. The molecule has 2 rings (SSSR count). The molecule has 104 valence electrons. The summed E-state index contributed by atoms with van der Waals surface area (Å²) in [5.74, 6) is 0.989. The van der Waals surface area contributed by atoms with Crippen LogP contribution in [0.5, 0.6) is 0 Å². The zero-order chi connectivity index (χ0) is 13.0. The molecule has 3 N–H and O–H groups in total. The van der Waals surface area contributed by atoms with Crippen molar-refractivity contribution in [3.8, 4) is 0 Å². The molecule has 0 unspecified atom stereocenters. The molecule has 2 aliphatic rings. The van der Waals surface area contributed by atoms with E-state index in [0.29, 0.717) is 6.04 Å². The van der Waals surface area contributed by atoms with E-state index in [9.17, 15) is 4.79 Å². The van der Waals surface area contributed by atoms with Crippen LogP contribution in [0.1, 0.15) is 32.1 Å². The molecule has 5 heteroatoms. The number of likely N-dealkylation sites (tertiary alicyclic amines) is 1. The van der Waals surface area contributed by atoms with Gasteiger partial charge in [-0.3, -0.25) is 4.79 Å². The number of nitrogens with zero attached hydrogens (tertiary/aromatic N) is 1. The molecular weight excluding hydrogens is 246 g/mol. The monoisotopic (exact) mass is 271 g/mol. The van der Waals surface area contributed by atoms with Gasteiger partial charge in [0.25, 0.3) is 0 Å². The Hall–Kier alpha value is -0.260. The van der Waals surface area contributed by atoms with E-state index in [0.717, 1.165) is 44.1 Å². The van der Waals surface area contributed by atoms with Crippen LogP contribution < -0.4 is 11.1 Å². The third-order valence-corrected chi connectivity index (χ3v) is 4.55. The van der Waals surface area contributed by atoms with Gasteiger partial charge in [0.05, 0.1) is 6.04 Å². The molecule has 0 spiro atoms. The normalized spacial score (nSPS) is 23.9. The second-order valence-electron chi connectivity index (χ2n) is 5.44. The fraction of sp³-hybridized carbons (Fsp3) is 0.923. The van der Waals surface area contributed by atoms with E-state index in [4.69, 9.17) is 5.73 Å². The summed E-state index contributed by atoms with van der Waals surface area (Å²) in [5.41, 5.74) is 5.87. The van der Waals surface area contributed by atoms with Gasteiger partial charge >= 0.3 is 0 Å². The Kier molecular flexibility index (Phi) is 5.33. The molecule has 1 aliphatic carbocycles. The van der Waals surface area contributed by atoms with Crippen molar-refractivity contribution in [2.75, 3.05) is 25.1 Å². The predicted molar refractivity (Wildman–Crippen MR) is 76.7 cm³/mol. The van der Waals surface area contributed by atoms with Crippen LogP contribution in [-0.4, -0.2) is 54.0 Å². The highest BCUT2D eigenvalue weighted by molar-refractivity contribution is 7.98. The standard InChI is InChI=1S/C13H25N3OS/c1-18-9-6-12(14)13(17)15-10-4-7-16(8-5-10)11-2-3-11/h10-12H,2-9,14H2,1H3,(H,15,17)/t12-/m1/s1. The van der Waals surface area contributed by atoms with Gasteiger partial charge in [0.2, 0.25) is 5.91 Å². The summed E-state index contributed by atoms with van der Waals surface area (Å²) >= 11 is 1.74. The maximum absolute atomic E-state index is 11.9. The number of nitrogens with two attached hydrogens (primary N) is 1. The van der Waals surface area contributed by atoms with E-state index >= 15 is 0 Å². The highest BCUT2D eigenvalue weighted by Gasteiger charge is 2.32. The smallest absolute Gasteiger partial charge is 0.237 e. The summed E-state index contributed by atoms with van der Waals surface area (Å²) in [7, 11) is 0. The van der Waals surface area contributed by atoms with Crippen molar-refractivity contribution in [3.63, 3.8) is 0 Å². The van der Waals surface area contributed by atoms with Crippen LogP contribution in [0.3, 0.4) is 0 Å². The highest BCUT2D eigenvalue weighted by Crippen LogP contribution is 2.29. The Morgan fingerprint density at radius 3 is 2.61 bits per heavy atom. The summed E-state index contributed by atoms with van der Waals surface area (Å²) in [6.07, 6.45) is 7.72. The van der Waals surface area contributed by atoms with Gasteiger partial charge < -0.3 is 16.0 Å². The van der Waals surface area contributed by atoms with Gasteiger partial charge in [0.15, 0.2) is 0 Å². The van der Waals surface area contributed by atoms with Gasteiger partial charge in [-0.2, -0.15) is 11.8 Å². The van der Waals surface area contributed by atoms with Gasteiger partial charge in [-0.05, 0) is 44.1 Å². The Balaban J connectivity index is 1.65. The van der Waals surface area contributed by atoms with E-state index in [1.165, 1.54) is 12.8 Å². The molecule has 18 heavy (non-hydrogen) atoms. The quantitative estimate of drug-likeness (QED) is 0.750. The molecule has 0 aromatic carbocycles. The van der Waals surface area contributed by atoms with Crippen LogP contribution in [0.2, 0.25) is 0 Å². The number of hydrogen-bond acceptors (Lipinski definition) is 4. The SMILES string of the molecule is CSCC[C@@H](N)C(=O)NC1CCN(C2CC2)CC1. The number of carbonyl (C=O) groups is 1. The second kappa shape index (κ2) is 6.78. The summed E-state index contributed by atoms with van der Waals surface area (Å²) in [5, 5.41) is 3.11. The Bertz CT molecular complexity index is 275. The average Bonchev–Trinajstić information content (AvgIpc) is 3.21. The lowest BCUT2D eigenvalue weighted by Crippen LogP contribution is -2.50. The Labute approximate surface area is 114 Å². The summed E-state index contributed by atoms with van der Waals surface area (Å²) in [6.45, 7) is 2.27. The molecule has 0 aromatic heterocycles. The third-order valence-electron chi connectivity index (χ3n) is 3.91. The lowest BCUT2D eigenvalue weighted by atomic mass is 10.0. The van der Waals surface area contributed by atoms with Crippen molar-refractivity contribution in [1.29, 1.82) is 0 Å². The predicted octanol–water partition coefficient (Wildman–Crippen LogP) is 0.810. The number of rotatable bonds is 6. The molecule has 1 saturated heterocycles. The molecule has 4 nitrogen and oxygen atoms in total. The molecule has 0 radical (unpaired) electrons. The minimum Gasteiger partial charge on any atom is -0.352 e. The summed E-state index contributed by atoms with van der Waals surface area (Å²) in [6, 6.07) is 0.859. The van der Waals surface area contributed by atoms with Gasteiger partial charge in [-0.25, -0.2) is 0 Å². The van der Waals surface area contributed by atoms with Crippen molar-refractivity contribution in [3.05, 3.63) is 0 Å². The largest absolute Gasteiger partial charge is 0.352 e. The minimum absolute atomic E-state index is 0.0360. The Morgan fingerprint density at radius 2 is 2.06 bits per heavy atom. The van der Waals surface area contributed by atoms with E-state index in [1.807, 2.05) is 6.26 Å². The van der Waals surface area contributed by atoms with Crippen molar-refractivity contribution >= 4 is 17.7 Å². The average molecular weight is 271 g/mol. The van der Waals surface area contributed by atoms with E-state index in [1.54, 1.807) is 11.8 Å². The summed E-state index contributed by atoms with van der Waals surface area (Å²) < 4.78 is 0. The van der Waals surface area contributed by atoms with Crippen LogP contribution in [0.4, 0.5) is 0 Å². The van der Waals surface area contributed by atoms with Crippen LogP contribution in [0.15, 0.2) is 0 Å². The number of amides is 1. The van der Waals surface area contributed by atoms with E-state index in [2.05, 4.69) is 10.2 Å². The van der Waals surface area contributed by atoms with E-state index in [-0.39, 0.29) is 11.9 Å². The molecule has 1 heterocycles. The van der Waals surface area contributed by atoms with Crippen molar-refractivity contribution in [2.45, 2.75) is 50.2 Å². The van der Waals surface area contributed by atoms with Crippen LogP contribution in [-0.2, 0) is 4.79 Å². The first-order valence-corrected chi connectivity index (χ1v) is 8.39. The van der Waals surface area contributed by atoms with E-state index < -0.39 is 0 Å². The lowest BCUT2D eigenvalue weighted by molar-refractivity contribution is -0.123. The molecule has 2 fully saturated rings. The molecule has 0 aromatic rings. The zero-order valence-corrected chi connectivity index (χ0v) is 12.0. The lowest BCUT2D eigenvalue weighted by Gasteiger charge is -2.32. The maximum Gasteiger partial charge on any atom is 0.237 e. The van der Waals surface area contributed by atoms with Crippen LogP contribution in [0, 0.1) is 0 Å². The fourth-order valence-electron chi connectivity index (χ4n) is 2.53. The number of hydrogen-bond donors (Lipinski definition) is 2. The first kappa shape index (κ1) is 14.2. The molecule has 1 amide bonds.